The van der Waals surface area contributed by atoms with E-state index in [4.69, 9.17) is 33.3 Å². The maximum absolute atomic E-state index is 14.0. The van der Waals surface area contributed by atoms with Crippen LogP contribution in [-0.2, 0) is 0 Å². The first-order chi connectivity index (χ1) is 13.7. The average molecular weight is 453 g/mol. The number of halogens is 5. The molecule has 2 N–H and O–H groups in total. The zero-order chi connectivity index (χ0) is 21.9. The molecule has 156 valence electrons. The Kier molecular flexibility index (Phi) is 7.09. The fraction of sp³-hybridized carbons (Fsp3) is 0.176. The summed E-state index contributed by atoms with van der Waals surface area (Å²) in [6.45, 7) is 0. The number of methoxy groups -OCH3 is 3. The largest absolute Gasteiger partial charge is 0.495 e. The smallest absolute Gasteiger partial charge is 0.263 e. The van der Waals surface area contributed by atoms with Crippen molar-refractivity contribution in [2.24, 2.45) is 0 Å². The van der Waals surface area contributed by atoms with Crippen molar-refractivity contribution in [3.05, 3.63) is 46.0 Å². The van der Waals surface area contributed by atoms with Crippen molar-refractivity contribution in [2.45, 2.75) is 0 Å². The molecular weight excluding hydrogens is 440 g/mol. The van der Waals surface area contributed by atoms with E-state index in [0.717, 1.165) is 7.11 Å². The maximum Gasteiger partial charge on any atom is 0.263 e. The van der Waals surface area contributed by atoms with Crippen molar-refractivity contribution >= 4 is 40.5 Å². The number of benzene rings is 2. The van der Waals surface area contributed by atoms with E-state index < -0.39 is 45.6 Å². The summed E-state index contributed by atoms with van der Waals surface area (Å²) >= 11 is 10.9. The first-order valence-corrected chi connectivity index (χ1v) is 8.38. The van der Waals surface area contributed by atoms with Crippen LogP contribution in [-0.4, -0.2) is 32.3 Å². The molecule has 0 aliphatic rings. The fourth-order valence-electron chi connectivity index (χ4n) is 2.27. The van der Waals surface area contributed by atoms with Gasteiger partial charge in [-0.25, -0.2) is 8.78 Å². The van der Waals surface area contributed by atoms with Crippen molar-refractivity contribution in [1.82, 2.24) is 5.32 Å². The van der Waals surface area contributed by atoms with Gasteiger partial charge in [0, 0.05) is 12.1 Å². The molecule has 1 amide bonds. The minimum atomic E-state index is -1.94. The van der Waals surface area contributed by atoms with Crippen LogP contribution < -0.4 is 24.8 Å². The molecule has 12 heteroatoms. The third-order valence-corrected chi connectivity index (χ3v) is 4.10. The maximum atomic E-state index is 14.0. The van der Waals surface area contributed by atoms with Crippen molar-refractivity contribution < 1.29 is 36.6 Å². The molecule has 2 aromatic carbocycles. The van der Waals surface area contributed by atoms with Crippen LogP contribution in [0.25, 0.3) is 0 Å². The van der Waals surface area contributed by atoms with Gasteiger partial charge in [-0.05, 0) is 12.2 Å². The first kappa shape index (κ1) is 22.5. The van der Waals surface area contributed by atoms with E-state index in [-0.39, 0.29) is 22.2 Å². The molecule has 0 unspecified atom stereocenters. The molecule has 6 nitrogen and oxygen atoms in total. The van der Waals surface area contributed by atoms with Crippen molar-refractivity contribution in [3.8, 4) is 17.2 Å². The van der Waals surface area contributed by atoms with E-state index in [1.165, 1.54) is 26.4 Å². The summed E-state index contributed by atoms with van der Waals surface area (Å²) in [6.07, 6.45) is 0. The summed E-state index contributed by atoms with van der Waals surface area (Å²) in [5.41, 5.74) is -1.32. The van der Waals surface area contributed by atoms with Gasteiger partial charge in [0.25, 0.3) is 5.91 Å². The first-order valence-electron chi connectivity index (χ1n) is 7.59. The van der Waals surface area contributed by atoms with Crippen LogP contribution in [0.15, 0.2) is 12.1 Å². The second-order valence-electron chi connectivity index (χ2n) is 5.26. The summed E-state index contributed by atoms with van der Waals surface area (Å²) in [5.74, 6) is -9.99. The number of amides is 1. The molecule has 2 aromatic rings. The van der Waals surface area contributed by atoms with Crippen molar-refractivity contribution in [1.29, 1.82) is 0 Å². The van der Waals surface area contributed by atoms with E-state index in [0.29, 0.717) is 0 Å². The summed E-state index contributed by atoms with van der Waals surface area (Å²) in [6, 6.07) is 2.77. The number of carbonyl (C=O) groups excluding carboxylic acids is 1. The minimum Gasteiger partial charge on any atom is -0.495 e. The summed E-state index contributed by atoms with van der Waals surface area (Å²) < 4.78 is 70.1. The molecule has 29 heavy (non-hydrogen) atoms. The van der Waals surface area contributed by atoms with Gasteiger partial charge in [-0.15, -0.1) is 0 Å². The topological polar surface area (TPSA) is 68.8 Å². The molecule has 0 bridgehead atoms. The van der Waals surface area contributed by atoms with Crippen molar-refractivity contribution in [2.75, 3.05) is 26.6 Å². The van der Waals surface area contributed by atoms with Gasteiger partial charge >= 0.3 is 0 Å². The molecular formula is C17H13ClF4N2O4S. The van der Waals surface area contributed by atoms with Crippen LogP contribution in [0, 0.1) is 23.3 Å². The number of anilines is 1. The van der Waals surface area contributed by atoms with E-state index in [2.05, 4.69) is 10.1 Å². The number of thiocarbonyl (C=S) groups is 1. The van der Waals surface area contributed by atoms with E-state index in [1.807, 2.05) is 5.32 Å². The van der Waals surface area contributed by atoms with Gasteiger partial charge in [-0.1, -0.05) is 11.6 Å². The number of rotatable bonds is 5. The summed E-state index contributed by atoms with van der Waals surface area (Å²) in [4.78, 5) is 12.2. The standard InChI is InChI=1S/C17H13ClF4N2O4S/c1-26-8-5-7(9(27-2)4-6(8)18)23-17(29)24-16(25)10-11(19)13(21)15(28-3)14(22)12(10)20/h4-5H,1-3H3,(H2,23,24,25,29). The van der Waals surface area contributed by atoms with Gasteiger partial charge in [0.15, 0.2) is 22.5 Å². The second kappa shape index (κ2) is 9.14. The third kappa shape index (κ3) is 4.46. The molecule has 0 saturated carbocycles. The Bertz CT molecular complexity index is 962. The second-order valence-corrected chi connectivity index (χ2v) is 6.07. The molecule has 0 spiro atoms. The quantitative estimate of drug-likeness (QED) is 0.405. The number of nitrogens with one attached hydrogen (secondary N) is 2. The highest BCUT2D eigenvalue weighted by Gasteiger charge is 2.30. The third-order valence-electron chi connectivity index (χ3n) is 3.60. The Labute approximate surface area is 172 Å². The van der Waals surface area contributed by atoms with Crippen LogP contribution in [0.1, 0.15) is 10.4 Å². The molecule has 0 radical (unpaired) electrons. The Hall–Kier alpha value is -2.79. The lowest BCUT2D eigenvalue weighted by atomic mass is 10.1. The number of ether oxygens (including phenoxy) is 3. The molecule has 0 fully saturated rings. The molecule has 0 saturated heterocycles. The van der Waals surface area contributed by atoms with Crippen LogP contribution >= 0.6 is 23.8 Å². The van der Waals surface area contributed by atoms with Crippen LogP contribution in [0.3, 0.4) is 0 Å². The van der Waals surface area contributed by atoms with Gasteiger partial charge in [-0.2, -0.15) is 8.78 Å². The monoisotopic (exact) mass is 452 g/mol. The van der Waals surface area contributed by atoms with Crippen molar-refractivity contribution in [3.63, 3.8) is 0 Å². The number of carbonyl (C=O) groups is 1. The van der Waals surface area contributed by atoms with Gasteiger partial charge < -0.3 is 19.5 Å². The van der Waals surface area contributed by atoms with E-state index in [9.17, 15) is 22.4 Å². The predicted molar refractivity (Wildman–Crippen MR) is 101 cm³/mol. The molecule has 0 aliphatic carbocycles. The van der Waals surface area contributed by atoms with Gasteiger partial charge in [-0.3, -0.25) is 10.1 Å². The van der Waals surface area contributed by atoms with E-state index >= 15 is 0 Å². The van der Waals surface area contributed by atoms with Crippen LogP contribution in [0.4, 0.5) is 23.2 Å². The zero-order valence-corrected chi connectivity index (χ0v) is 16.7. The highest BCUT2D eigenvalue weighted by molar-refractivity contribution is 7.80. The normalized spacial score (nSPS) is 10.3. The van der Waals surface area contributed by atoms with Gasteiger partial charge in [0.2, 0.25) is 11.6 Å². The lowest BCUT2D eigenvalue weighted by Gasteiger charge is -2.15. The lowest BCUT2D eigenvalue weighted by molar-refractivity contribution is 0.0966. The SMILES string of the molecule is COc1cc(NC(=S)NC(=O)c2c(F)c(F)c(OC)c(F)c2F)c(OC)cc1Cl. The van der Waals surface area contributed by atoms with Gasteiger partial charge in [0.05, 0.1) is 32.0 Å². The predicted octanol–water partition coefficient (Wildman–Crippen LogP) is 4.05. The molecule has 0 aliphatic heterocycles. The van der Waals surface area contributed by atoms with Gasteiger partial charge in [0.1, 0.15) is 17.1 Å². The average Bonchev–Trinajstić information content (AvgIpc) is 2.68. The number of hydrogen-bond donors (Lipinski definition) is 2. The zero-order valence-electron chi connectivity index (χ0n) is 15.1. The fourth-order valence-corrected chi connectivity index (χ4v) is 2.70. The summed E-state index contributed by atoms with van der Waals surface area (Å²) in [5, 5.41) is 4.22. The van der Waals surface area contributed by atoms with Crippen LogP contribution in [0.5, 0.6) is 17.2 Å². The molecule has 0 heterocycles. The lowest BCUT2D eigenvalue weighted by Crippen LogP contribution is -2.35. The molecule has 2 rings (SSSR count). The Morgan fingerprint density at radius 1 is 0.931 bits per heavy atom. The van der Waals surface area contributed by atoms with E-state index in [1.54, 1.807) is 0 Å². The Balaban J connectivity index is 2.30. The molecule has 0 atom stereocenters. The number of hydrogen-bond acceptors (Lipinski definition) is 5. The minimum absolute atomic E-state index is 0.187. The highest BCUT2D eigenvalue weighted by atomic mass is 35.5. The highest BCUT2D eigenvalue weighted by Crippen LogP contribution is 2.36. The molecule has 0 aromatic heterocycles. The Morgan fingerprint density at radius 3 is 1.97 bits per heavy atom. The summed E-state index contributed by atoms with van der Waals surface area (Å²) in [7, 11) is 3.50. The Morgan fingerprint density at radius 2 is 1.48 bits per heavy atom. The van der Waals surface area contributed by atoms with Crippen LogP contribution in [0.2, 0.25) is 5.02 Å².